The van der Waals surface area contributed by atoms with Crippen molar-refractivity contribution in [2.75, 3.05) is 13.2 Å². The van der Waals surface area contributed by atoms with Crippen molar-refractivity contribution in [1.29, 1.82) is 0 Å². The van der Waals surface area contributed by atoms with E-state index in [1.165, 1.54) is 17.6 Å². The molecule has 27 heavy (non-hydrogen) atoms. The Bertz CT molecular complexity index is 887. The average Bonchev–Trinajstić information content (AvgIpc) is 3.37. The summed E-state index contributed by atoms with van der Waals surface area (Å²) >= 11 is 1.51. The Kier molecular flexibility index (Phi) is 6.22. The number of hydrogen-bond acceptors (Lipinski definition) is 7. The van der Waals surface area contributed by atoms with Gasteiger partial charge in [-0.1, -0.05) is 6.07 Å². The maximum atomic E-state index is 12.0. The van der Waals surface area contributed by atoms with E-state index in [-0.39, 0.29) is 19.1 Å². The molecule has 1 aromatic carbocycles. The summed E-state index contributed by atoms with van der Waals surface area (Å²) in [6, 6.07) is 10.5. The molecular formula is C19H18N2O5S. The van der Waals surface area contributed by atoms with Crippen molar-refractivity contribution in [2.24, 2.45) is 0 Å². The summed E-state index contributed by atoms with van der Waals surface area (Å²) in [6.45, 7) is 2.18. The van der Waals surface area contributed by atoms with Gasteiger partial charge < -0.3 is 19.2 Å². The van der Waals surface area contributed by atoms with Crippen LogP contribution < -0.4 is 10.1 Å². The van der Waals surface area contributed by atoms with Gasteiger partial charge in [-0.15, -0.1) is 11.3 Å². The van der Waals surface area contributed by atoms with E-state index in [4.69, 9.17) is 13.9 Å². The Morgan fingerprint density at radius 1 is 1.22 bits per heavy atom. The van der Waals surface area contributed by atoms with Gasteiger partial charge in [-0.3, -0.25) is 9.59 Å². The lowest BCUT2D eigenvalue weighted by molar-refractivity contribution is -0.143. The van der Waals surface area contributed by atoms with Crippen LogP contribution in [0.2, 0.25) is 0 Å². The first kappa shape index (κ1) is 18.7. The number of carbonyl (C=O) groups is 2. The van der Waals surface area contributed by atoms with Crippen molar-refractivity contribution in [3.8, 4) is 16.5 Å². The van der Waals surface area contributed by atoms with Crippen LogP contribution >= 0.6 is 11.3 Å². The number of thiophene rings is 1. The third-order valence-corrected chi connectivity index (χ3v) is 4.34. The van der Waals surface area contributed by atoms with E-state index in [9.17, 15) is 9.59 Å². The molecule has 2 heterocycles. The molecule has 0 atom stereocenters. The molecule has 0 unspecified atom stereocenters. The third-order valence-electron chi connectivity index (χ3n) is 3.49. The van der Waals surface area contributed by atoms with Crippen molar-refractivity contribution in [2.45, 2.75) is 13.5 Å². The number of aromatic nitrogens is 1. The first-order chi connectivity index (χ1) is 13.2. The maximum Gasteiger partial charge on any atom is 0.325 e. The molecule has 3 rings (SSSR count). The average molecular weight is 386 g/mol. The quantitative estimate of drug-likeness (QED) is 0.598. The highest BCUT2D eigenvalue weighted by Gasteiger charge is 2.12. The minimum Gasteiger partial charge on any atom is -0.494 e. The summed E-state index contributed by atoms with van der Waals surface area (Å²) in [7, 11) is 0. The van der Waals surface area contributed by atoms with Gasteiger partial charge in [0, 0.05) is 5.56 Å². The zero-order valence-corrected chi connectivity index (χ0v) is 15.5. The second-order valence-corrected chi connectivity index (χ2v) is 6.37. The van der Waals surface area contributed by atoms with Gasteiger partial charge in [0.25, 0.3) is 5.91 Å². The van der Waals surface area contributed by atoms with E-state index in [0.29, 0.717) is 29.5 Å². The van der Waals surface area contributed by atoms with Gasteiger partial charge in [-0.2, -0.15) is 0 Å². The number of amides is 1. The molecule has 0 radical (unpaired) electrons. The monoisotopic (exact) mass is 386 g/mol. The van der Waals surface area contributed by atoms with E-state index in [0.717, 1.165) is 4.88 Å². The first-order valence-electron chi connectivity index (χ1n) is 8.30. The Balaban J connectivity index is 1.43. The third kappa shape index (κ3) is 5.18. The van der Waals surface area contributed by atoms with Crippen LogP contribution in [0.4, 0.5) is 0 Å². The fraction of sp³-hybridized carbons (Fsp3) is 0.211. The van der Waals surface area contributed by atoms with Crippen molar-refractivity contribution < 1.29 is 23.5 Å². The van der Waals surface area contributed by atoms with Crippen LogP contribution in [0.5, 0.6) is 5.75 Å². The summed E-state index contributed by atoms with van der Waals surface area (Å²) < 4.78 is 15.8. The smallest absolute Gasteiger partial charge is 0.325 e. The van der Waals surface area contributed by atoms with E-state index in [1.807, 2.05) is 24.4 Å². The lowest BCUT2D eigenvalue weighted by Crippen LogP contribution is -2.30. The van der Waals surface area contributed by atoms with Crippen LogP contribution in [0, 0.1) is 0 Å². The molecule has 0 saturated carbocycles. The minimum atomic E-state index is -0.560. The summed E-state index contributed by atoms with van der Waals surface area (Å²) in [5.41, 5.74) is 0.938. The number of nitrogens with zero attached hydrogens (tertiary/aromatic N) is 1. The van der Waals surface area contributed by atoms with Crippen LogP contribution in [-0.4, -0.2) is 30.0 Å². The predicted octanol–water partition coefficient (Wildman–Crippen LogP) is 3.28. The summed E-state index contributed by atoms with van der Waals surface area (Å²) in [6.07, 6.45) is 1.45. The Morgan fingerprint density at radius 2 is 2.04 bits per heavy atom. The standard InChI is InChI=1S/C19H18N2O5S/c1-2-24-15-7-5-13(6-8-15)18(23)20-10-17(22)25-11-14-12-26-19(21-14)16-4-3-9-27-16/h3-9,12H,2,10-11H2,1H3,(H,20,23). The van der Waals surface area contributed by atoms with Crippen LogP contribution in [0.25, 0.3) is 10.8 Å². The molecule has 0 spiro atoms. The zero-order chi connectivity index (χ0) is 19.1. The molecule has 1 N–H and O–H groups in total. The molecule has 8 heteroatoms. The molecule has 0 fully saturated rings. The number of esters is 1. The van der Waals surface area contributed by atoms with Gasteiger partial charge in [0.2, 0.25) is 5.89 Å². The van der Waals surface area contributed by atoms with Crippen LogP contribution in [0.1, 0.15) is 23.0 Å². The second kappa shape index (κ2) is 9.00. The van der Waals surface area contributed by atoms with Crippen molar-refractivity contribution in [3.05, 3.63) is 59.3 Å². The molecule has 1 amide bonds. The SMILES string of the molecule is CCOc1ccc(C(=O)NCC(=O)OCc2coc(-c3cccs3)n2)cc1. The highest BCUT2D eigenvalue weighted by Crippen LogP contribution is 2.23. The lowest BCUT2D eigenvalue weighted by Gasteiger charge is -2.07. The zero-order valence-electron chi connectivity index (χ0n) is 14.6. The predicted molar refractivity (Wildman–Crippen MR) is 99.6 cm³/mol. The fourth-order valence-electron chi connectivity index (χ4n) is 2.22. The summed E-state index contributed by atoms with van der Waals surface area (Å²) in [4.78, 5) is 29.0. The minimum absolute atomic E-state index is 0.0212. The van der Waals surface area contributed by atoms with Gasteiger partial charge in [-0.05, 0) is 42.6 Å². The number of nitrogens with one attached hydrogen (secondary N) is 1. The van der Waals surface area contributed by atoms with Crippen molar-refractivity contribution >= 4 is 23.2 Å². The molecule has 0 saturated heterocycles. The fourth-order valence-corrected chi connectivity index (χ4v) is 2.87. The molecule has 2 aromatic heterocycles. The molecule has 7 nitrogen and oxygen atoms in total. The van der Waals surface area contributed by atoms with E-state index >= 15 is 0 Å². The Hall–Kier alpha value is -3.13. The molecule has 140 valence electrons. The number of oxazole rings is 1. The molecule has 0 aliphatic rings. The maximum absolute atomic E-state index is 12.0. The lowest BCUT2D eigenvalue weighted by atomic mass is 10.2. The molecule has 0 aliphatic carbocycles. The number of hydrogen-bond donors (Lipinski definition) is 1. The van der Waals surface area contributed by atoms with Gasteiger partial charge in [0.15, 0.2) is 0 Å². The first-order valence-corrected chi connectivity index (χ1v) is 9.18. The van der Waals surface area contributed by atoms with Gasteiger partial charge in [-0.25, -0.2) is 4.98 Å². The highest BCUT2D eigenvalue weighted by atomic mass is 32.1. The Morgan fingerprint density at radius 3 is 2.74 bits per heavy atom. The van der Waals surface area contributed by atoms with E-state index < -0.39 is 5.97 Å². The largest absolute Gasteiger partial charge is 0.494 e. The van der Waals surface area contributed by atoms with Crippen molar-refractivity contribution in [3.63, 3.8) is 0 Å². The van der Waals surface area contributed by atoms with Crippen LogP contribution in [0.3, 0.4) is 0 Å². The van der Waals surface area contributed by atoms with Crippen LogP contribution in [0.15, 0.2) is 52.5 Å². The number of ether oxygens (including phenoxy) is 2. The number of benzene rings is 1. The van der Waals surface area contributed by atoms with Crippen LogP contribution in [-0.2, 0) is 16.1 Å². The molecule has 3 aromatic rings. The Labute approximate surface area is 159 Å². The van der Waals surface area contributed by atoms with Gasteiger partial charge >= 0.3 is 5.97 Å². The molecular weight excluding hydrogens is 368 g/mol. The van der Waals surface area contributed by atoms with E-state index in [1.54, 1.807) is 24.3 Å². The number of rotatable bonds is 8. The molecule has 0 aliphatic heterocycles. The van der Waals surface area contributed by atoms with Crippen molar-refractivity contribution in [1.82, 2.24) is 10.3 Å². The number of carbonyl (C=O) groups excluding carboxylic acids is 2. The summed E-state index contributed by atoms with van der Waals surface area (Å²) in [5.74, 6) is 0.245. The normalized spacial score (nSPS) is 10.4. The second-order valence-electron chi connectivity index (χ2n) is 5.42. The van der Waals surface area contributed by atoms with Gasteiger partial charge in [0.05, 0.1) is 11.5 Å². The highest BCUT2D eigenvalue weighted by molar-refractivity contribution is 7.13. The van der Waals surface area contributed by atoms with Gasteiger partial charge in [0.1, 0.15) is 30.9 Å². The molecule has 0 bridgehead atoms. The summed E-state index contributed by atoms with van der Waals surface area (Å²) in [5, 5.41) is 4.44. The topological polar surface area (TPSA) is 90.7 Å². The van der Waals surface area contributed by atoms with E-state index in [2.05, 4.69) is 10.3 Å².